The zero-order chi connectivity index (χ0) is 22.5. The van der Waals surface area contributed by atoms with E-state index in [1.165, 1.54) is 6.07 Å². The van der Waals surface area contributed by atoms with Crippen LogP contribution >= 0.6 is 0 Å². The van der Waals surface area contributed by atoms with Crippen molar-refractivity contribution in [2.24, 2.45) is 11.8 Å². The SMILES string of the molecule is CC1CCN(S(=O)(=O)c2ccc3c(c2)C2C=CCC2C(c2cccc([N+](=O)[O-])c2)N3)CC1. The van der Waals surface area contributed by atoms with Crippen molar-refractivity contribution in [2.75, 3.05) is 18.4 Å². The van der Waals surface area contributed by atoms with Crippen LogP contribution in [-0.4, -0.2) is 30.7 Å². The summed E-state index contributed by atoms with van der Waals surface area (Å²) < 4.78 is 28.2. The molecule has 7 nitrogen and oxygen atoms in total. The molecule has 0 radical (unpaired) electrons. The molecule has 1 aliphatic carbocycles. The van der Waals surface area contributed by atoms with E-state index in [-0.39, 0.29) is 28.5 Å². The lowest BCUT2D eigenvalue weighted by atomic mass is 9.77. The summed E-state index contributed by atoms with van der Waals surface area (Å²) >= 11 is 0. The molecule has 3 atom stereocenters. The van der Waals surface area contributed by atoms with Gasteiger partial charge in [0, 0.05) is 36.8 Å². The lowest BCUT2D eigenvalue weighted by Crippen LogP contribution is -2.38. The lowest BCUT2D eigenvalue weighted by molar-refractivity contribution is -0.384. The van der Waals surface area contributed by atoms with Gasteiger partial charge in [-0.3, -0.25) is 10.1 Å². The van der Waals surface area contributed by atoms with Crippen LogP contribution in [0.3, 0.4) is 0 Å². The van der Waals surface area contributed by atoms with Gasteiger partial charge in [-0.2, -0.15) is 4.31 Å². The second kappa shape index (κ2) is 8.01. The maximum Gasteiger partial charge on any atom is 0.269 e. The quantitative estimate of drug-likeness (QED) is 0.406. The van der Waals surface area contributed by atoms with Gasteiger partial charge in [0.2, 0.25) is 10.0 Å². The van der Waals surface area contributed by atoms with E-state index in [9.17, 15) is 18.5 Å². The van der Waals surface area contributed by atoms with Crippen molar-refractivity contribution in [3.05, 3.63) is 75.9 Å². The number of nitrogens with one attached hydrogen (secondary N) is 1. The largest absolute Gasteiger partial charge is 0.378 e. The van der Waals surface area contributed by atoms with Gasteiger partial charge in [-0.25, -0.2) is 8.42 Å². The van der Waals surface area contributed by atoms with E-state index < -0.39 is 10.0 Å². The molecule has 5 rings (SSSR count). The molecule has 0 aromatic heterocycles. The number of non-ortho nitro benzene ring substituents is 1. The first-order valence-corrected chi connectivity index (χ1v) is 12.6. The molecular formula is C24H27N3O4S. The van der Waals surface area contributed by atoms with E-state index in [0.717, 1.165) is 36.1 Å². The van der Waals surface area contributed by atoms with Gasteiger partial charge in [-0.15, -0.1) is 0 Å². The predicted octanol–water partition coefficient (Wildman–Crippen LogP) is 4.84. The van der Waals surface area contributed by atoms with Crippen LogP contribution in [0.1, 0.15) is 49.3 Å². The highest BCUT2D eigenvalue weighted by Gasteiger charge is 2.39. The molecular weight excluding hydrogens is 426 g/mol. The summed E-state index contributed by atoms with van der Waals surface area (Å²) in [6.45, 7) is 3.30. The molecule has 0 saturated carbocycles. The molecule has 2 heterocycles. The van der Waals surface area contributed by atoms with Crippen LogP contribution in [0.2, 0.25) is 0 Å². The highest BCUT2D eigenvalue weighted by atomic mass is 32.2. The van der Waals surface area contributed by atoms with E-state index in [1.807, 2.05) is 18.2 Å². The molecule has 1 fully saturated rings. The fraction of sp³-hybridized carbons (Fsp3) is 0.417. The molecule has 168 valence electrons. The number of fused-ring (bicyclic) bond motifs is 3. The third-order valence-corrected chi connectivity index (χ3v) is 9.05. The summed E-state index contributed by atoms with van der Waals surface area (Å²) in [5, 5.41) is 14.8. The Hall–Kier alpha value is -2.71. The summed E-state index contributed by atoms with van der Waals surface area (Å²) in [5.41, 5.74) is 2.83. The molecule has 0 spiro atoms. The molecule has 1 saturated heterocycles. The number of allylic oxidation sites excluding steroid dienone is 2. The molecule has 32 heavy (non-hydrogen) atoms. The van der Waals surface area contributed by atoms with E-state index in [0.29, 0.717) is 23.9 Å². The fourth-order valence-corrected chi connectivity index (χ4v) is 6.77. The average Bonchev–Trinajstić information content (AvgIpc) is 3.29. The number of piperidine rings is 1. The third kappa shape index (κ3) is 3.61. The Bertz CT molecular complexity index is 1190. The number of anilines is 1. The topological polar surface area (TPSA) is 92.5 Å². The highest BCUT2D eigenvalue weighted by Crippen LogP contribution is 2.50. The number of sulfonamides is 1. The van der Waals surface area contributed by atoms with Crippen LogP contribution in [0.5, 0.6) is 0 Å². The smallest absolute Gasteiger partial charge is 0.269 e. The molecule has 3 unspecified atom stereocenters. The number of hydrogen-bond acceptors (Lipinski definition) is 5. The van der Waals surface area contributed by atoms with Crippen molar-refractivity contribution in [3.63, 3.8) is 0 Å². The van der Waals surface area contributed by atoms with Crippen molar-refractivity contribution in [3.8, 4) is 0 Å². The third-order valence-electron chi connectivity index (χ3n) is 7.15. The van der Waals surface area contributed by atoms with Crippen LogP contribution in [0.25, 0.3) is 0 Å². The van der Waals surface area contributed by atoms with Gasteiger partial charge in [0.15, 0.2) is 0 Å². The van der Waals surface area contributed by atoms with E-state index in [2.05, 4.69) is 24.4 Å². The number of rotatable bonds is 4. The number of benzene rings is 2. The Labute approximate surface area is 188 Å². The van der Waals surface area contributed by atoms with Crippen LogP contribution < -0.4 is 5.32 Å². The average molecular weight is 454 g/mol. The predicted molar refractivity (Wildman–Crippen MR) is 123 cm³/mol. The lowest BCUT2D eigenvalue weighted by Gasteiger charge is -2.38. The second-order valence-electron chi connectivity index (χ2n) is 9.16. The Morgan fingerprint density at radius 2 is 1.91 bits per heavy atom. The first-order valence-electron chi connectivity index (χ1n) is 11.2. The molecule has 2 aromatic carbocycles. The van der Waals surface area contributed by atoms with Gasteiger partial charge < -0.3 is 5.32 Å². The highest BCUT2D eigenvalue weighted by molar-refractivity contribution is 7.89. The zero-order valence-corrected chi connectivity index (χ0v) is 18.8. The summed E-state index contributed by atoms with van der Waals surface area (Å²) in [4.78, 5) is 11.2. The zero-order valence-electron chi connectivity index (χ0n) is 18.0. The monoisotopic (exact) mass is 453 g/mol. The summed E-state index contributed by atoms with van der Waals surface area (Å²) in [6.07, 6.45) is 6.90. The summed E-state index contributed by atoms with van der Waals surface area (Å²) in [5.74, 6) is 0.814. The number of nitrogens with zero attached hydrogens (tertiary/aromatic N) is 2. The minimum absolute atomic E-state index is 0.0755. The van der Waals surface area contributed by atoms with Crippen molar-refractivity contribution in [1.82, 2.24) is 4.31 Å². The van der Waals surface area contributed by atoms with Gasteiger partial charge in [0.25, 0.3) is 5.69 Å². The van der Waals surface area contributed by atoms with Crippen LogP contribution in [0.15, 0.2) is 59.5 Å². The van der Waals surface area contributed by atoms with E-state index in [1.54, 1.807) is 22.5 Å². The summed E-state index contributed by atoms with van der Waals surface area (Å²) in [6, 6.07) is 12.1. The Kier molecular flexibility index (Phi) is 5.29. The van der Waals surface area contributed by atoms with Crippen LogP contribution in [0, 0.1) is 22.0 Å². The van der Waals surface area contributed by atoms with Crippen LogP contribution in [0.4, 0.5) is 11.4 Å². The Balaban J connectivity index is 1.49. The molecule has 3 aliphatic rings. The van der Waals surface area contributed by atoms with Crippen molar-refractivity contribution >= 4 is 21.4 Å². The van der Waals surface area contributed by atoms with Gasteiger partial charge in [-0.05, 0) is 60.4 Å². The Morgan fingerprint density at radius 3 is 2.66 bits per heavy atom. The van der Waals surface area contributed by atoms with Gasteiger partial charge in [0.05, 0.1) is 15.9 Å². The van der Waals surface area contributed by atoms with Crippen molar-refractivity contribution < 1.29 is 13.3 Å². The van der Waals surface area contributed by atoms with E-state index in [4.69, 9.17) is 0 Å². The molecule has 0 bridgehead atoms. The molecule has 2 aromatic rings. The van der Waals surface area contributed by atoms with Gasteiger partial charge >= 0.3 is 0 Å². The number of nitro groups is 1. The van der Waals surface area contributed by atoms with Crippen molar-refractivity contribution in [1.29, 1.82) is 0 Å². The Morgan fingerprint density at radius 1 is 1.12 bits per heavy atom. The fourth-order valence-electron chi connectivity index (χ4n) is 5.27. The first kappa shape index (κ1) is 21.2. The maximum atomic E-state index is 13.3. The maximum absolute atomic E-state index is 13.3. The molecule has 8 heteroatoms. The van der Waals surface area contributed by atoms with Gasteiger partial charge in [-0.1, -0.05) is 31.2 Å². The molecule has 1 N–H and O–H groups in total. The minimum atomic E-state index is -3.52. The van der Waals surface area contributed by atoms with Crippen LogP contribution in [-0.2, 0) is 10.0 Å². The van der Waals surface area contributed by atoms with E-state index >= 15 is 0 Å². The number of hydrogen-bond donors (Lipinski definition) is 1. The minimum Gasteiger partial charge on any atom is -0.378 e. The molecule has 2 aliphatic heterocycles. The molecule has 0 amide bonds. The normalized spacial score (nSPS) is 25.7. The standard InChI is InChI=1S/C24H27N3O4S/c1-16-10-12-26(13-11-16)32(30,31)19-8-9-23-22(15-19)20-6-3-7-21(20)24(25-23)17-4-2-5-18(14-17)27(28)29/h2-6,8-9,14-16,20-21,24-25H,7,10-13H2,1H3. The van der Waals surface area contributed by atoms with Crippen molar-refractivity contribution in [2.45, 2.75) is 43.0 Å². The second-order valence-corrected chi connectivity index (χ2v) is 11.1. The summed E-state index contributed by atoms with van der Waals surface area (Å²) in [7, 11) is -3.52. The first-order chi connectivity index (χ1) is 15.3. The van der Waals surface area contributed by atoms with Gasteiger partial charge in [0.1, 0.15) is 0 Å². The number of nitro benzene ring substituents is 1.